The Labute approximate surface area is 145 Å². The summed E-state index contributed by atoms with van der Waals surface area (Å²) in [6.07, 6.45) is -0.794. The minimum Gasteiger partial charge on any atom is -0.443 e. The lowest BCUT2D eigenvalue weighted by atomic mass is 10.2. The molecular weight excluding hydrogens is 346 g/mol. The molecule has 2 rings (SSSR count). The Hall–Kier alpha value is -1.29. The average Bonchev–Trinajstić information content (AvgIpc) is 2.92. The van der Waals surface area contributed by atoms with Crippen LogP contribution in [-0.4, -0.2) is 33.5 Å². The third-order valence-electron chi connectivity index (χ3n) is 2.71. The van der Waals surface area contributed by atoms with Gasteiger partial charge in [0.2, 0.25) is 5.95 Å². The normalized spacial score (nSPS) is 12.4. The molecule has 6 nitrogen and oxygen atoms in total. The second-order valence-corrected chi connectivity index (χ2v) is 4.57. The van der Waals surface area contributed by atoms with Crippen molar-refractivity contribution in [2.75, 3.05) is 12.3 Å². The molecule has 2 heterocycles. The maximum Gasteiger partial charge on any atom is 0.410 e. The summed E-state index contributed by atoms with van der Waals surface area (Å²) < 4.78 is 29.8. The lowest BCUT2D eigenvalue weighted by molar-refractivity contribution is -0.0455. The van der Waals surface area contributed by atoms with E-state index in [4.69, 9.17) is 5.73 Å². The number of hydrogen-bond donors (Lipinski definition) is 3. The van der Waals surface area contributed by atoms with Gasteiger partial charge in [0, 0.05) is 18.2 Å². The van der Waals surface area contributed by atoms with Crippen molar-refractivity contribution in [3.05, 3.63) is 17.0 Å². The number of fused-ring (bicyclic) bond motifs is 1. The number of amides is 1. The van der Waals surface area contributed by atoms with Gasteiger partial charge in [-0.15, -0.1) is 23.3 Å². The molecule has 0 saturated heterocycles. The number of anilines is 1. The highest BCUT2D eigenvalue weighted by Crippen LogP contribution is 2.24. The van der Waals surface area contributed by atoms with Crippen LogP contribution in [0.15, 0.2) is 0 Å². The van der Waals surface area contributed by atoms with Gasteiger partial charge in [-0.3, -0.25) is 4.90 Å². The molecule has 0 radical (unpaired) electrons. The average molecular weight is 368 g/mol. The van der Waals surface area contributed by atoms with Gasteiger partial charge in [0.25, 0.3) is 5.92 Å². The summed E-state index contributed by atoms with van der Waals surface area (Å²) in [5.41, 5.74) is 7.61. The maximum atomic E-state index is 12.6. The monoisotopic (exact) mass is 368 g/mol. The van der Waals surface area contributed by atoms with Gasteiger partial charge in [-0.05, 0) is 6.92 Å². The molecular formula is C13H22F2N4O2S2. The van der Waals surface area contributed by atoms with Crippen LogP contribution in [-0.2, 0) is 17.8 Å². The van der Waals surface area contributed by atoms with E-state index in [0.717, 1.165) is 5.56 Å². The van der Waals surface area contributed by atoms with Crippen molar-refractivity contribution in [3.63, 3.8) is 0 Å². The van der Waals surface area contributed by atoms with Crippen LogP contribution in [0.25, 0.3) is 0 Å². The molecule has 23 heavy (non-hydrogen) atoms. The van der Waals surface area contributed by atoms with Gasteiger partial charge in [-0.1, -0.05) is 13.8 Å². The third-order valence-corrected chi connectivity index (χ3v) is 2.71. The van der Waals surface area contributed by atoms with Gasteiger partial charge in [0.15, 0.2) is 6.61 Å². The van der Waals surface area contributed by atoms with Crippen LogP contribution in [0.1, 0.15) is 37.7 Å². The van der Waals surface area contributed by atoms with E-state index in [2.05, 4.69) is 38.0 Å². The summed E-state index contributed by atoms with van der Waals surface area (Å²) in [6.45, 7) is 5.94. The lowest BCUT2D eigenvalue weighted by Crippen LogP contribution is -2.30. The summed E-state index contributed by atoms with van der Waals surface area (Å²) in [5.74, 6) is -2.91. The number of nitrogens with zero attached hydrogens (tertiary/aromatic N) is 3. The fourth-order valence-corrected chi connectivity index (χ4v) is 1.85. The molecule has 0 spiro atoms. The largest absolute Gasteiger partial charge is 0.443 e. The van der Waals surface area contributed by atoms with Crippen LogP contribution >= 0.6 is 23.3 Å². The fourth-order valence-electron chi connectivity index (χ4n) is 1.85. The molecule has 1 aliphatic heterocycles. The number of halogens is 2. The van der Waals surface area contributed by atoms with E-state index in [1.807, 2.05) is 13.8 Å². The quantitative estimate of drug-likeness (QED) is 0.551. The highest BCUT2D eigenvalue weighted by Gasteiger charge is 2.30. The summed E-state index contributed by atoms with van der Waals surface area (Å²) in [6, 6.07) is 0. The third kappa shape index (κ3) is 6.78. The smallest absolute Gasteiger partial charge is 0.410 e. The standard InChI is InChI=1S/C11H14F2N4O2.C2H6.H2S2/c1-6-7-3-17(4-8(7)16-9(14)15-6)10(18)19-5-11(2,12)13;2*1-2/h3-5H2,1-2H3,(H2,14,15,16);1-2H3;1-2H. The first-order valence-corrected chi connectivity index (χ1v) is 8.47. The number of aryl methyl sites for hydroxylation is 1. The number of carbonyl (C=O) groups is 1. The minimum atomic E-state index is -3.04. The second kappa shape index (κ2) is 9.76. The summed E-state index contributed by atoms with van der Waals surface area (Å²) in [7, 11) is 0. The van der Waals surface area contributed by atoms with Gasteiger partial charge >= 0.3 is 6.09 Å². The Morgan fingerprint density at radius 1 is 1.35 bits per heavy atom. The Bertz CT molecular complexity index is 527. The van der Waals surface area contributed by atoms with E-state index in [1.54, 1.807) is 6.92 Å². The zero-order valence-corrected chi connectivity index (χ0v) is 15.3. The Kier molecular flexibility index (Phi) is 9.21. The maximum absolute atomic E-state index is 12.6. The number of alkyl halides is 2. The van der Waals surface area contributed by atoms with Crippen molar-refractivity contribution in [1.82, 2.24) is 14.9 Å². The fraction of sp³-hybridized carbons (Fsp3) is 0.615. The van der Waals surface area contributed by atoms with Crippen LogP contribution in [0, 0.1) is 6.92 Å². The Morgan fingerprint density at radius 3 is 2.43 bits per heavy atom. The summed E-state index contributed by atoms with van der Waals surface area (Å²) in [5, 5.41) is 0. The van der Waals surface area contributed by atoms with E-state index >= 15 is 0 Å². The number of rotatable bonds is 2. The SMILES string of the molecule is CC.Cc1nc(N)nc2c1CN(C(=O)OCC(C)(F)F)C2.SS. The first-order chi connectivity index (χ1) is 10.8. The van der Waals surface area contributed by atoms with Gasteiger partial charge in [-0.25, -0.2) is 23.5 Å². The molecule has 1 amide bonds. The predicted octanol–water partition coefficient (Wildman–Crippen LogP) is 3.26. The Morgan fingerprint density at radius 2 is 1.91 bits per heavy atom. The van der Waals surface area contributed by atoms with Crippen molar-refractivity contribution in [2.45, 2.75) is 46.7 Å². The molecule has 0 aliphatic carbocycles. The number of thiol groups is 2. The minimum absolute atomic E-state index is 0.131. The topological polar surface area (TPSA) is 81.3 Å². The van der Waals surface area contributed by atoms with Crippen LogP contribution < -0.4 is 5.73 Å². The first-order valence-electron chi connectivity index (χ1n) is 6.87. The molecule has 10 heteroatoms. The highest BCUT2D eigenvalue weighted by atomic mass is 33.1. The Balaban J connectivity index is 0.00000112. The van der Waals surface area contributed by atoms with Crippen molar-refractivity contribution in [3.8, 4) is 0 Å². The van der Waals surface area contributed by atoms with E-state index in [9.17, 15) is 13.6 Å². The van der Waals surface area contributed by atoms with Crippen LogP contribution in [0.2, 0.25) is 0 Å². The summed E-state index contributed by atoms with van der Waals surface area (Å²) >= 11 is 6.44. The molecule has 132 valence electrons. The zero-order valence-electron chi connectivity index (χ0n) is 13.5. The van der Waals surface area contributed by atoms with Crippen LogP contribution in [0.3, 0.4) is 0 Å². The number of nitrogens with two attached hydrogens (primary N) is 1. The van der Waals surface area contributed by atoms with Gasteiger partial charge < -0.3 is 10.5 Å². The summed E-state index contributed by atoms with van der Waals surface area (Å²) in [4.78, 5) is 21.0. The molecule has 1 aromatic heterocycles. The molecule has 0 bridgehead atoms. The number of hydrogen-bond acceptors (Lipinski definition) is 7. The van der Waals surface area contributed by atoms with E-state index in [0.29, 0.717) is 18.3 Å². The molecule has 0 unspecified atom stereocenters. The van der Waals surface area contributed by atoms with Crippen molar-refractivity contribution < 1.29 is 18.3 Å². The van der Waals surface area contributed by atoms with E-state index in [-0.39, 0.29) is 19.0 Å². The zero-order chi connectivity index (χ0) is 18.2. The molecule has 2 N–H and O–H groups in total. The predicted molar refractivity (Wildman–Crippen MR) is 91.7 cm³/mol. The number of aromatic nitrogens is 2. The van der Waals surface area contributed by atoms with Gasteiger partial charge in [0.05, 0.1) is 18.8 Å². The first kappa shape index (κ1) is 21.7. The molecule has 0 fully saturated rings. The van der Waals surface area contributed by atoms with Crippen LogP contribution in [0.4, 0.5) is 19.5 Å². The van der Waals surface area contributed by atoms with E-state index in [1.165, 1.54) is 4.90 Å². The van der Waals surface area contributed by atoms with E-state index < -0.39 is 18.6 Å². The molecule has 0 atom stereocenters. The second-order valence-electron chi connectivity index (χ2n) is 4.57. The van der Waals surface area contributed by atoms with Crippen molar-refractivity contribution in [1.29, 1.82) is 0 Å². The van der Waals surface area contributed by atoms with Crippen LogP contribution in [0.5, 0.6) is 0 Å². The number of ether oxygens (including phenoxy) is 1. The number of carbonyl (C=O) groups excluding carboxylic acids is 1. The molecule has 0 aromatic carbocycles. The van der Waals surface area contributed by atoms with Gasteiger partial charge in [0.1, 0.15) is 0 Å². The molecule has 1 aromatic rings. The highest BCUT2D eigenvalue weighted by molar-refractivity contribution is 8.59. The molecule has 1 aliphatic rings. The van der Waals surface area contributed by atoms with Crippen molar-refractivity contribution >= 4 is 35.4 Å². The lowest BCUT2D eigenvalue weighted by Gasteiger charge is -2.17. The van der Waals surface area contributed by atoms with Crippen molar-refractivity contribution in [2.24, 2.45) is 0 Å². The molecule has 0 saturated carbocycles. The van der Waals surface area contributed by atoms with Gasteiger partial charge in [-0.2, -0.15) is 0 Å². The number of nitrogen functional groups attached to an aromatic ring is 1.